The summed E-state index contributed by atoms with van der Waals surface area (Å²) in [5.74, 6) is 1.81. The van der Waals surface area contributed by atoms with Crippen molar-refractivity contribution in [1.82, 2.24) is 9.80 Å². The Kier molecular flexibility index (Phi) is 3.92. The Hall–Kier alpha value is -1.36. The van der Waals surface area contributed by atoms with Crippen molar-refractivity contribution in [3.05, 3.63) is 22.4 Å². The fourth-order valence-electron chi connectivity index (χ4n) is 4.79. The average molecular weight is 332 g/mol. The molecule has 1 aliphatic carbocycles. The van der Waals surface area contributed by atoms with Gasteiger partial charge in [0.2, 0.25) is 11.8 Å². The second-order valence-electron chi connectivity index (χ2n) is 7.30. The molecule has 1 saturated carbocycles. The quantitative estimate of drug-likeness (QED) is 0.835. The van der Waals surface area contributed by atoms with E-state index in [1.165, 1.54) is 19.3 Å². The normalized spacial score (nSPS) is 34.0. The minimum Gasteiger partial charge on any atom is -0.342 e. The van der Waals surface area contributed by atoms with Crippen LogP contribution in [0.5, 0.6) is 0 Å². The van der Waals surface area contributed by atoms with Crippen molar-refractivity contribution in [2.45, 2.75) is 38.1 Å². The number of piperidine rings is 1. The Morgan fingerprint density at radius 3 is 2.61 bits per heavy atom. The van der Waals surface area contributed by atoms with E-state index in [1.54, 1.807) is 16.2 Å². The number of amides is 2. The third-order valence-corrected chi connectivity index (χ3v) is 6.99. The summed E-state index contributed by atoms with van der Waals surface area (Å²) in [6.07, 6.45) is 5.08. The van der Waals surface area contributed by atoms with Crippen molar-refractivity contribution in [1.29, 1.82) is 0 Å². The highest BCUT2D eigenvalue weighted by Gasteiger charge is 2.45. The molecule has 3 heterocycles. The van der Waals surface area contributed by atoms with Crippen LogP contribution in [-0.4, -0.2) is 41.8 Å². The predicted octanol–water partition coefficient (Wildman–Crippen LogP) is 2.92. The van der Waals surface area contributed by atoms with E-state index < -0.39 is 0 Å². The van der Waals surface area contributed by atoms with Gasteiger partial charge in [-0.25, -0.2) is 0 Å². The van der Waals surface area contributed by atoms with E-state index in [4.69, 9.17) is 0 Å². The molecule has 1 aromatic heterocycles. The SMILES string of the molecule is CN1C(=O)CCC(C(=O)N2CC3CCCC3C2)C1c1cccs1. The summed E-state index contributed by atoms with van der Waals surface area (Å²) in [6, 6.07) is 3.99. The number of likely N-dealkylation sites (tertiary alicyclic amines) is 2. The molecule has 4 atom stereocenters. The number of hydrogen-bond donors (Lipinski definition) is 0. The molecule has 2 aliphatic heterocycles. The van der Waals surface area contributed by atoms with Crippen LogP contribution >= 0.6 is 11.3 Å². The first-order valence-electron chi connectivity index (χ1n) is 8.73. The lowest BCUT2D eigenvalue weighted by molar-refractivity contribution is -0.146. The number of nitrogens with zero attached hydrogens (tertiary/aromatic N) is 2. The molecule has 0 bridgehead atoms. The maximum Gasteiger partial charge on any atom is 0.228 e. The fourth-order valence-corrected chi connectivity index (χ4v) is 5.73. The highest BCUT2D eigenvalue weighted by Crippen LogP contribution is 2.42. The first kappa shape index (κ1) is 15.2. The molecular formula is C18H24N2O2S. The lowest BCUT2D eigenvalue weighted by Crippen LogP contribution is -2.47. The Bertz CT molecular complexity index is 588. The van der Waals surface area contributed by atoms with Crippen LogP contribution in [-0.2, 0) is 9.59 Å². The van der Waals surface area contributed by atoms with Crippen LogP contribution in [0.25, 0.3) is 0 Å². The van der Waals surface area contributed by atoms with Gasteiger partial charge in [-0.3, -0.25) is 9.59 Å². The molecule has 4 unspecified atom stereocenters. The number of thiophene rings is 1. The summed E-state index contributed by atoms with van der Waals surface area (Å²) >= 11 is 1.65. The van der Waals surface area contributed by atoms with Gasteiger partial charge in [0.1, 0.15) is 0 Å². The molecule has 0 aromatic carbocycles. The molecule has 2 amide bonds. The Morgan fingerprint density at radius 2 is 1.96 bits per heavy atom. The van der Waals surface area contributed by atoms with E-state index in [1.807, 2.05) is 18.5 Å². The number of rotatable bonds is 2. The predicted molar refractivity (Wildman–Crippen MR) is 90.0 cm³/mol. The van der Waals surface area contributed by atoms with Crippen molar-refractivity contribution >= 4 is 23.2 Å². The maximum atomic E-state index is 13.2. The molecule has 4 rings (SSSR count). The summed E-state index contributed by atoms with van der Waals surface area (Å²) in [4.78, 5) is 30.4. The monoisotopic (exact) mass is 332 g/mol. The molecule has 1 aromatic rings. The van der Waals surface area contributed by atoms with Gasteiger partial charge < -0.3 is 9.80 Å². The molecule has 2 saturated heterocycles. The fraction of sp³-hybridized carbons (Fsp3) is 0.667. The molecule has 3 fully saturated rings. The van der Waals surface area contributed by atoms with E-state index in [0.29, 0.717) is 12.8 Å². The summed E-state index contributed by atoms with van der Waals surface area (Å²) in [7, 11) is 1.85. The van der Waals surface area contributed by atoms with Gasteiger partial charge in [0.05, 0.1) is 12.0 Å². The molecule has 0 spiro atoms. The summed E-state index contributed by atoms with van der Waals surface area (Å²) in [5.41, 5.74) is 0. The highest BCUT2D eigenvalue weighted by molar-refractivity contribution is 7.10. The van der Waals surface area contributed by atoms with Gasteiger partial charge in [-0.15, -0.1) is 11.3 Å². The van der Waals surface area contributed by atoms with Crippen LogP contribution in [0.1, 0.15) is 43.0 Å². The van der Waals surface area contributed by atoms with Gasteiger partial charge in [0.15, 0.2) is 0 Å². The lowest BCUT2D eigenvalue weighted by atomic mass is 9.87. The van der Waals surface area contributed by atoms with E-state index in [-0.39, 0.29) is 23.8 Å². The van der Waals surface area contributed by atoms with Crippen LogP contribution in [0.15, 0.2) is 17.5 Å². The van der Waals surface area contributed by atoms with Crippen LogP contribution in [0.3, 0.4) is 0 Å². The van der Waals surface area contributed by atoms with E-state index in [9.17, 15) is 9.59 Å². The Morgan fingerprint density at radius 1 is 1.22 bits per heavy atom. The van der Waals surface area contributed by atoms with Crippen molar-refractivity contribution in [2.75, 3.05) is 20.1 Å². The minimum atomic E-state index is -0.0795. The van der Waals surface area contributed by atoms with Gasteiger partial charge in [-0.1, -0.05) is 12.5 Å². The summed E-state index contributed by atoms with van der Waals surface area (Å²) in [5, 5.41) is 2.03. The van der Waals surface area contributed by atoms with Crippen molar-refractivity contribution in [3.63, 3.8) is 0 Å². The third-order valence-electron chi connectivity index (χ3n) is 6.05. The third kappa shape index (κ3) is 2.59. The zero-order valence-electron chi connectivity index (χ0n) is 13.6. The molecule has 124 valence electrons. The van der Waals surface area contributed by atoms with Gasteiger partial charge in [-0.2, -0.15) is 0 Å². The van der Waals surface area contributed by atoms with Crippen LogP contribution in [0.4, 0.5) is 0 Å². The second kappa shape index (κ2) is 5.93. The van der Waals surface area contributed by atoms with Crippen LogP contribution in [0.2, 0.25) is 0 Å². The van der Waals surface area contributed by atoms with Gasteiger partial charge in [0.25, 0.3) is 0 Å². The van der Waals surface area contributed by atoms with E-state index in [2.05, 4.69) is 11.0 Å². The minimum absolute atomic E-state index is 0.0739. The smallest absolute Gasteiger partial charge is 0.228 e. The van der Waals surface area contributed by atoms with Crippen LogP contribution < -0.4 is 0 Å². The molecule has 0 N–H and O–H groups in total. The first-order chi connectivity index (χ1) is 11.1. The van der Waals surface area contributed by atoms with Gasteiger partial charge in [0, 0.05) is 31.4 Å². The van der Waals surface area contributed by atoms with E-state index >= 15 is 0 Å². The maximum absolute atomic E-state index is 13.2. The van der Waals surface area contributed by atoms with Crippen LogP contribution in [0, 0.1) is 17.8 Å². The molecule has 0 radical (unpaired) electrons. The van der Waals surface area contributed by atoms with Crippen molar-refractivity contribution < 1.29 is 9.59 Å². The second-order valence-corrected chi connectivity index (χ2v) is 8.28. The van der Waals surface area contributed by atoms with Crippen molar-refractivity contribution in [3.8, 4) is 0 Å². The number of carbonyl (C=O) groups is 2. The first-order valence-corrected chi connectivity index (χ1v) is 9.61. The topological polar surface area (TPSA) is 40.6 Å². The standard InChI is InChI=1S/C18H24N2O2S/c1-19-16(21)8-7-14(17(19)15-6-3-9-23-15)18(22)20-10-12-4-2-5-13(12)11-20/h3,6,9,12-14,17H,2,4-5,7-8,10-11H2,1H3. The van der Waals surface area contributed by atoms with Gasteiger partial charge >= 0.3 is 0 Å². The summed E-state index contributed by atoms with van der Waals surface area (Å²) in [6.45, 7) is 1.88. The van der Waals surface area contributed by atoms with Crippen molar-refractivity contribution in [2.24, 2.45) is 17.8 Å². The number of hydrogen-bond acceptors (Lipinski definition) is 3. The molecular weight excluding hydrogens is 308 g/mol. The Labute approximate surface area is 141 Å². The summed E-state index contributed by atoms with van der Waals surface area (Å²) < 4.78 is 0. The number of fused-ring (bicyclic) bond motifs is 1. The lowest BCUT2D eigenvalue weighted by Gasteiger charge is -2.39. The molecule has 3 aliphatic rings. The zero-order chi connectivity index (χ0) is 16.0. The van der Waals surface area contributed by atoms with Gasteiger partial charge in [-0.05, 0) is 42.5 Å². The van der Waals surface area contributed by atoms with E-state index in [0.717, 1.165) is 29.8 Å². The average Bonchev–Trinajstić information content (AvgIpc) is 3.25. The highest BCUT2D eigenvalue weighted by atomic mass is 32.1. The molecule has 23 heavy (non-hydrogen) atoms. The molecule has 4 nitrogen and oxygen atoms in total. The zero-order valence-corrected chi connectivity index (χ0v) is 14.4. The molecule has 5 heteroatoms. The number of carbonyl (C=O) groups excluding carboxylic acids is 2. The largest absolute Gasteiger partial charge is 0.342 e. The Balaban J connectivity index is 1.56.